The minimum Gasteiger partial charge on any atom is -0.467 e. The van der Waals surface area contributed by atoms with E-state index in [1.807, 2.05) is 11.9 Å². The molecule has 0 aliphatic carbocycles. The Hall–Kier alpha value is -2.18. The number of hydrazine groups is 1. The van der Waals surface area contributed by atoms with Crippen molar-refractivity contribution in [3.63, 3.8) is 0 Å². The molecule has 0 saturated heterocycles. The third-order valence-corrected chi connectivity index (χ3v) is 2.90. The van der Waals surface area contributed by atoms with Crippen molar-refractivity contribution in [1.82, 2.24) is 10.3 Å². The molecule has 0 unspecified atom stereocenters. The Bertz CT molecular complexity index is 580. The average molecular weight is 277 g/mol. The van der Waals surface area contributed by atoms with Gasteiger partial charge in [0.1, 0.15) is 11.6 Å². The van der Waals surface area contributed by atoms with Crippen LogP contribution in [-0.4, -0.2) is 17.9 Å². The summed E-state index contributed by atoms with van der Waals surface area (Å²) in [4.78, 5) is 13.5. The molecule has 0 saturated carbocycles. The summed E-state index contributed by atoms with van der Waals surface area (Å²) in [6.45, 7) is 1.07. The van der Waals surface area contributed by atoms with E-state index in [9.17, 15) is 9.18 Å². The number of nitrogens with zero attached hydrogens (tertiary/aromatic N) is 1. The fourth-order valence-electron chi connectivity index (χ4n) is 1.95. The number of nitrogen functional groups attached to an aromatic ring is 1. The maximum absolute atomic E-state index is 12.8. The molecule has 106 valence electrons. The third kappa shape index (κ3) is 3.43. The van der Waals surface area contributed by atoms with Crippen molar-refractivity contribution in [3.8, 4) is 0 Å². The van der Waals surface area contributed by atoms with Gasteiger partial charge in [-0.25, -0.2) is 10.2 Å². The van der Waals surface area contributed by atoms with Gasteiger partial charge in [0.15, 0.2) is 0 Å². The van der Waals surface area contributed by atoms with E-state index in [2.05, 4.69) is 5.43 Å². The Balaban J connectivity index is 2.01. The first-order valence-electron chi connectivity index (χ1n) is 6.10. The minimum atomic E-state index is -0.385. The second-order valence-corrected chi connectivity index (χ2v) is 4.53. The average Bonchev–Trinajstić information content (AvgIpc) is 2.88. The molecule has 0 bridgehead atoms. The quantitative estimate of drug-likeness (QED) is 0.495. The van der Waals surface area contributed by atoms with Crippen LogP contribution in [0.2, 0.25) is 0 Å². The van der Waals surface area contributed by atoms with Gasteiger partial charge < -0.3 is 4.42 Å². The monoisotopic (exact) mass is 277 g/mol. The molecule has 1 heterocycles. The molecule has 0 aliphatic rings. The van der Waals surface area contributed by atoms with Crippen LogP contribution in [0.25, 0.3) is 0 Å². The van der Waals surface area contributed by atoms with Gasteiger partial charge >= 0.3 is 0 Å². The van der Waals surface area contributed by atoms with Gasteiger partial charge in [-0.15, -0.1) is 0 Å². The maximum atomic E-state index is 12.8. The summed E-state index contributed by atoms with van der Waals surface area (Å²) in [5, 5.41) is 0. The number of benzene rings is 1. The SMILES string of the molecule is CN(Cc1ccc(F)cc1)Cc1occc1C(=O)NN. The van der Waals surface area contributed by atoms with Gasteiger partial charge in [0, 0.05) is 6.54 Å². The highest BCUT2D eigenvalue weighted by Gasteiger charge is 2.15. The van der Waals surface area contributed by atoms with Crippen molar-refractivity contribution in [3.05, 3.63) is 59.3 Å². The second-order valence-electron chi connectivity index (χ2n) is 4.53. The summed E-state index contributed by atoms with van der Waals surface area (Å²) in [5.41, 5.74) is 3.47. The molecule has 0 aliphatic heterocycles. The smallest absolute Gasteiger partial charge is 0.268 e. The van der Waals surface area contributed by atoms with Crippen LogP contribution in [0.4, 0.5) is 4.39 Å². The highest BCUT2D eigenvalue weighted by Crippen LogP contribution is 2.14. The number of carbonyl (C=O) groups is 1. The number of rotatable bonds is 5. The van der Waals surface area contributed by atoms with Crippen molar-refractivity contribution in [1.29, 1.82) is 0 Å². The number of hydrogen-bond donors (Lipinski definition) is 2. The van der Waals surface area contributed by atoms with E-state index in [-0.39, 0.29) is 11.7 Å². The molecule has 1 aromatic heterocycles. The topological polar surface area (TPSA) is 71.5 Å². The van der Waals surface area contributed by atoms with Crippen LogP contribution in [0, 0.1) is 5.82 Å². The molecule has 1 amide bonds. The van der Waals surface area contributed by atoms with E-state index in [1.54, 1.807) is 18.2 Å². The first-order chi connectivity index (χ1) is 9.60. The highest BCUT2D eigenvalue weighted by molar-refractivity contribution is 5.94. The fraction of sp³-hybridized carbons (Fsp3) is 0.214. The summed E-state index contributed by atoms with van der Waals surface area (Å²) in [7, 11) is 1.88. The fourth-order valence-corrected chi connectivity index (χ4v) is 1.95. The molecule has 0 atom stereocenters. The van der Waals surface area contributed by atoms with Gasteiger partial charge in [-0.3, -0.25) is 15.1 Å². The van der Waals surface area contributed by atoms with E-state index in [0.717, 1.165) is 5.56 Å². The van der Waals surface area contributed by atoms with E-state index in [0.29, 0.717) is 24.4 Å². The highest BCUT2D eigenvalue weighted by atomic mass is 19.1. The Morgan fingerprint density at radius 2 is 2.00 bits per heavy atom. The van der Waals surface area contributed by atoms with Crippen molar-refractivity contribution in [2.45, 2.75) is 13.1 Å². The summed E-state index contributed by atoms with van der Waals surface area (Å²) in [6.07, 6.45) is 1.45. The van der Waals surface area contributed by atoms with Crippen molar-refractivity contribution in [2.24, 2.45) is 5.84 Å². The minimum absolute atomic E-state index is 0.260. The maximum Gasteiger partial charge on any atom is 0.268 e. The van der Waals surface area contributed by atoms with Crippen LogP contribution in [0.3, 0.4) is 0 Å². The van der Waals surface area contributed by atoms with E-state index in [1.165, 1.54) is 18.4 Å². The number of halogens is 1. The number of carbonyl (C=O) groups excluding carboxylic acids is 1. The first-order valence-corrected chi connectivity index (χ1v) is 6.10. The van der Waals surface area contributed by atoms with Crippen LogP contribution in [0.1, 0.15) is 21.7 Å². The zero-order valence-corrected chi connectivity index (χ0v) is 11.1. The lowest BCUT2D eigenvalue weighted by Gasteiger charge is -2.16. The van der Waals surface area contributed by atoms with Gasteiger partial charge in [0.2, 0.25) is 0 Å². The molecular weight excluding hydrogens is 261 g/mol. The molecule has 20 heavy (non-hydrogen) atoms. The zero-order valence-electron chi connectivity index (χ0n) is 11.1. The Labute approximate surface area is 116 Å². The van der Waals surface area contributed by atoms with Crippen LogP contribution in [0.5, 0.6) is 0 Å². The molecular formula is C14H16FN3O2. The van der Waals surface area contributed by atoms with Crippen molar-refractivity contribution in [2.75, 3.05) is 7.05 Å². The van der Waals surface area contributed by atoms with E-state index < -0.39 is 0 Å². The molecule has 3 N–H and O–H groups in total. The van der Waals surface area contributed by atoms with Gasteiger partial charge in [-0.1, -0.05) is 12.1 Å². The largest absolute Gasteiger partial charge is 0.467 e. The van der Waals surface area contributed by atoms with Crippen molar-refractivity contribution < 1.29 is 13.6 Å². The molecule has 5 nitrogen and oxygen atoms in total. The lowest BCUT2D eigenvalue weighted by molar-refractivity contribution is 0.0950. The Kier molecular flexibility index (Phi) is 4.49. The summed E-state index contributed by atoms with van der Waals surface area (Å²) >= 11 is 0. The summed E-state index contributed by atoms with van der Waals surface area (Å²) in [6, 6.07) is 7.86. The number of amides is 1. The van der Waals surface area contributed by atoms with E-state index in [4.69, 9.17) is 10.3 Å². The first kappa shape index (κ1) is 14.2. The second kappa shape index (κ2) is 6.31. The van der Waals surface area contributed by atoms with Gasteiger partial charge in [-0.2, -0.15) is 0 Å². The van der Waals surface area contributed by atoms with Crippen LogP contribution < -0.4 is 11.3 Å². The van der Waals surface area contributed by atoms with Crippen LogP contribution in [0.15, 0.2) is 41.0 Å². The number of furan rings is 1. The molecule has 0 fully saturated rings. The van der Waals surface area contributed by atoms with Crippen molar-refractivity contribution >= 4 is 5.91 Å². The standard InChI is InChI=1S/C14H16FN3O2/c1-18(8-10-2-4-11(15)5-3-10)9-13-12(6-7-20-13)14(19)17-16/h2-7H,8-9,16H2,1H3,(H,17,19). The number of nitrogens with two attached hydrogens (primary N) is 1. The van der Waals surface area contributed by atoms with Crippen LogP contribution >= 0.6 is 0 Å². The third-order valence-electron chi connectivity index (χ3n) is 2.90. The summed E-state index contributed by atoms with van der Waals surface area (Å²) in [5.74, 6) is 5.00. The van der Waals surface area contributed by atoms with E-state index >= 15 is 0 Å². The normalized spacial score (nSPS) is 10.8. The van der Waals surface area contributed by atoms with Crippen LogP contribution in [-0.2, 0) is 13.1 Å². The number of hydrogen-bond acceptors (Lipinski definition) is 4. The predicted molar refractivity (Wildman–Crippen MR) is 71.9 cm³/mol. The lowest BCUT2D eigenvalue weighted by atomic mass is 10.2. The zero-order chi connectivity index (χ0) is 14.5. The molecule has 6 heteroatoms. The summed E-state index contributed by atoms with van der Waals surface area (Å²) < 4.78 is 18.1. The molecule has 2 aromatic rings. The molecule has 1 aromatic carbocycles. The molecule has 2 rings (SSSR count). The Morgan fingerprint density at radius 3 is 2.65 bits per heavy atom. The lowest BCUT2D eigenvalue weighted by Crippen LogP contribution is -2.31. The number of nitrogens with one attached hydrogen (secondary N) is 1. The van der Waals surface area contributed by atoms with Gasteiger partial charge in [-0.05, 0) is 30.8 Å². The van der Waals surface area contributed by atoms with Gasteiger partial charge in [0.25, 0.3) is 5.91 Å². The van der Waals surface area contributed by atoms with Gasteiger partial charge in [0.05, 0.1) is 18.4 Å². The Morgan fingerprint density at radius 1 is 1.30 bits per heavy atom. The molecule has 0 radical (unpaired) electrons. The predicted octanol–water partition coefficient (Wildman–Crippen LogP) is 1.65. The molecule has 0 spiro atoms.